The number of anilines is 2. The van der Waals surface area contributed by atoms with Gasteiger partial charge in [-0.1, -0.05) is 12.1 Å². The van der Waals surface area contributed by atoms with Crippen molar-refractivity contribution in [3.8, 4) is 28.5 Å². The van der Waals surface area contributed by atoms with E-state index in [9.17, 15) is 14.9 Å². The summed E-state index contributed by atoms with van der Waals surface area (Å²) < 4.78 is 1.81. The minimum absolute atomic E-state index is 0.113. The number of aromatic nitrogens is 3. The van der Waals surface area contributed by atoms with Crippen molar-refractivity contribution in [2.75, 3.05) is 16.8 Å². The minimum Gasteiger partial charge on any atom is -0.326 e. The lowest BCUT2D eigenvalue weighted by Crippen LogP contribution is -2.35. The highest BCUT2D eigenvalue weighted by Gasteiger charge is 2.56. The molecule has 1 aromatic carbocycles. The number of nitrogens with one attached hydrogen (secondary N) is 1. The van der Waals surface area contributed by atoms with Crippen LogP contribution in [0, 0.1) is 36.5 Å². The van der Waals surface area contributed by atoms with Crippen LogP contribution in [0.15, 0.2) is 36.5 Å². The zero-order chi connectivity index (χ0) is 24.9. The minimum atomic E-state index is -0.913. The molecule has 1 saturated heterocycles. The van der Waals surface area contributed by atoms with Gasteiger partial charge in [-0.2, -0.15) is 10.4 Å². The predicted octanol–water partition coefficient (Wildman–Crippen LogP) is 4.38. The van der Waals surface area contributed by atoms with Crippen LogP contribution in [0.1, 0.15) is 37.6 Å². The van der Waals surface area contributed by atoms with Crippen molar-refractivity contribution in [3.05, 3.63) is 47.9 Å². The first-order valence-corrected chi connectivity index (χ1v) is 11.9. The molecule has 2 aliphatic rings. The zero-order valence-electron chi connectivity index (χ0n) is 20.4. The van der Waals surface area contributed by atoms with Crippen LogP contribution in [-0.4, -0.2) is 33.1 Å². The van der Waals surface area contributed by atoms with Gasteiger partial charge in [-0.3, -0.25) is 19.3 Å². The number of rotatable bonds is 5. The molecule has 178 valence electrons. The third-order valence-electron chi connectivity index (χ3n) is 7.24. The predicted molar refractivity (Wildman–Crippen MR) is 133 cm³/mol. The Morgan fingerprint density at radius 1 is 1.23 bits per heavy atom. The standard InChI is InChI=1S/C27H28N6O2/c1-16-12-20(33-11-10-27(15-28,26(33)35)19-8-9-19)13-24(30-16)25-21(22-14-29-32(4)17(22)2)6-5-7-23(25)31-18(3)34/h5-7,12-14,19H,8-11H2,1-4H3,(H,31,34)/t27-/m1/s1. The smallest absolute Gasteiger partial charge is 0.247 e. The van der Waals surface area contributed by atoms with Gasteiger partial charge < -0.3 is 10.2 Å². The average Bonchev–Trinajstić information content (AvgIpc) is 3.54. The second-order valence-electron chi connectivity index (χ2n) is 9.59. The molecule has 3 aromatic rings. The molecule has 3 heterocycles. The van der Waals surface area contributed by atoms with Gasteiger partial charge >= 0.3 is 0 Å². The van der Waals surface area contributed by atoms with E-state index in [-0.39, 0.29) is 17.7 Å². The Labute approximate surface area is 204 Å². The van der Waals surface area contributed by atoms with E-state index >= 15 is 0 Å². The largest absolute Gasteiger partial charge is 0.326 e. The Morgan fingerprint density at radius 2 is 2.00 bits per heavy atom. The molecule has 1 saturated carbocycles. The Hall–Kier alpha value is -3.99. The summed E-state index contributed by atoms with van der Waals surface area (Å²) in [5.41, 5.74) is 5.43. The number of hydrogen-bond donors (Lipinski definition) is 1. The molecular weight excluding hydrogens is 440 g/mol. The summed E-state index contributed by atoms with van der Waals surface area (Å²) >= 11 is 0. The Kier molecular flexibility index (Phi) is 5.43. The van der Waals surface area contributed by atoms with Crippen LogP contribution in [0.3, 0.4) is 0 Å². The van der Waals surface area contributed by atoms with Gasteiger partial charge in [0.25, 0.3) is 0 Å². The first-order valence-electron chi connectivity index (χ1n) is 11.9. The van der Waals surface area contributed by atoms with E-state index in [0.29, 0.717) is 24.3 Å². The third-order valence-corrected chi connectivity index (χ3v) is 7.24. The number of carbonyl (C=O) groups is 2. The summed E-state index contributed by atoms with van der Waals surface area (Å²) in [7, 11) is 1.89. The van der Waals surface area contributed by atoms with E-state index in [1.54, 1.807) is 4.90 Å². The van der Waals surface area contributed by atoms with Crippen LogP contribution < -0.4 is 10.2 Å². The Bertz CT molecular complexity index is 1400. The van der Waals surface area contributed by atoms with Crippen molar-refractivity contribution in [1.29, 1.82) is 5.26 Å². The molecule has 2 amide bonds. The number of nitriles is 1. The summed E-state index contributed by atoms with van der Waals surface area (Å²) in [6, 6.07) is 11.9. The molecule has 0 spiro atoms. The molecule has 8 heteroatoms. The van der Waals surface area contributed by atoms with E-state index in [4.69, 9.17) is 4.98 Å². The summed E-state index contributed by atoms with van der Waals surface area (Å²) in [6.07, 6.45) is 4.23. The number of hydrogen-bond acceptors (Lipinski definition) is 5. The van der Waals surface area contributed by atoms with Gasteiger partial charge in [-0.15, -0.1) is 0 Å². The Balaban J connectivity index is 1.66. The van der Waals surface area contributed by atoms with E-state index in [2.05, 4.69) is 16.5 Å². The van der Waals surface area contributed by atoms with E-state index < -0.39 is 5.41 Å². The van der Waals surface area contributed by atoms with Crippen molar-refractivity contribution in [1.82, 2.24) is 14.8 Å². The summed E-state index contributed by atoms with van der Waals surface area (Å²) in [6.45, 7) is 5.87. The SMILES string of the molecule is CC(=O)Nc1cccc(-c2cnn(C)c2C)c1-c1cc(N2CC[C@@](C#N)(C3CC3)C2=O)cc(C)n1. The molecule has 1 aliphatic carbocycles. The zero-order valence-corrected chi connectivity index (χ0v) is 20.4. The highest BCUT2D eigenvalue weighted by molar-refractivity contribution is 6.03. The molecule has 5 rings (SSSR count). The van der Waals surface area contributed by atoms with Gasteiger partial charge in [-0.05, 0) is 62.8 Å². The number of amides is 2. The highest BCUT2D eigenvalue weighted by Crippen LogP contribution is 2.52. The maximum absolute atomic E-state index is 13.5. The number of carbonyl (C=O) groups excluding carboxylic acids is 2. The maximum Gasteiger partial charge on any atom is 0.247 e. The van der Waals surface area contributed by atoms with Gasteiger partial charge in [0.1, 0.15) is 5.41 Å². The molecule has 1 N–H and O–H groups in total. The van der Waals surface area contributed by atoms with Crippen LogP contribution >= 0.6 is 0 Å². The van der Waals surface area contributed by atoms with Crippen molar-refractivity contribution >= 4 is 23.2 Å². The molecule has 8 nitrogen and oxygen atoms in total. The van der Waals surface area contributed by atoms with Gasteiger partial charge in [0.2, 0.25) is 11.8 Å². The lowest BCUT2D eigenvalue weighted by molar-refractivity contribution is -0.123. The highest BCUT2D eigenvalue weighted by atomic mass is 16.2. The van der Waals surface area contributed by atoms with Crippen molar-refractivity contribution < 1.29 is 9.59 Å². The fourth-order valence-corrected chi connectivity index (χ4v) is 5.18. The topological polar surface area (TPSA) is 104 Å². The van der Waals surface area contributed by atoms with Crippen LogP contribution in [0.25, 0.3) is 22.4 Å². The lowest BCUT2D eigenvalue weighted by atomic mass is 9.83. The van der Waals surface area contributed by atoms with Gasteiger partial charge in [-0.25, -0.2) is 0 Å². The molecule has 1 aliphatic heterocycles. The number of nitrogens with zero attached hydrogens (tertiary/aromatic N) is 5. The molecule has 2 aromatic heterocycles. The molecule has 35 heavy (non-hydrogen) atoms. The second kappa shape index (κ2) is 8.35. The number of pyridine rings is 1. The van der Waals surface area contributed by atoms with Gasteiger partial charge in [0, 0.05) is 48.7 Å². The van der Waals surface area contributed by atoms with Crippen LogP contribution in [0.2, 0.25) is 0 Å². The fraction of sp³-hybridized carbons (Fsp3) is 0.370. The van der Waals surface area contributed by atoms with Crippen molar-refractivity contribution in [2.24, 2.45) is 18.4 Å². The molecular formula is C27H28N6O2. The average molecular weight is 469 g/mol. The van der Waals surface area contributed by atoms with E-state index in [1.807, 2.05) is 62.1 Å². The Morgan fingerprint density at radius 3 is 2.63 bits per heavy atom. The molecule has 1 atom stereocenters. The second-order valence-corrected chi connectivity index (χ2v) is 9.59. The van der Waals surface area contributed by atoms with Crippen LogP contribution in [-0.2, 0) is 16.6 Å². The van der Waals surface area contributed by atoms with E-state index in [1.165, 1.54) is 6.92 Å². The van der Waals surface area contributed by atoms with Crippen LogP contribution in [0.4, 0.5) is 11.4 Å². The number of benzene rings is 1. The number of aryl methyl sites for hydroxylation is 2. The molecule has 0 bridgehead atoms. The first kappa shape index (κ1) is 22.8. The lowest BCUT2D eigenvalue weighted by Gasteiger charge is -2.22. The first-order chi connectivity index (χ1) is 16.7. The van der Waals surface area contributed by atoms with Crippen molar-refractivity contribution in [3.63, 3.8) is 0 Å². The van der Waals surface area contributed by atoms with Crippen LogP contribution in [0.5, 0.6) is 0 Å². The van der Waals surface area contributed by atoms with E-state index in [0.717, 1.165) is 46.6 Å². The molecule has 2 fully saturated rings. The molecule has 0 unspecified atom stereocenters. The monoisotopic (exact) mass is 468 g/mol. The third kappa shape index (κ3) is 3.77. The quantitative estimate of drug-likeness (QED) is 0.598. The maximum atomic E-state index is 13.5. The summed E-state index contributed by atoms with van der Waals surface area (Å²) in [5.74, 6) is -0.136. The fourth-order valence-electron chi connectivity index (χ4n) is 5.18. The summed E-state index contributed by atoms with van der Waals surface area (Å²) in [4.78, 5) is 32.1. The molecule has 0 radical (unpaired) electrons. The van der Waals surface area contributed by atoms with Crippen molar-refractivity contribution in [2.45, 2.75) is 40.0 Å². The summed E-state index contributed by atoms with van der Waals surface area (Å²) in [5, 5.41) is 17.2. The normalized spacial score (nSPS) is 19.6. The van der Waals surface area contributed by atoms with Gasteiger partial charge in [0.05, 0.1) is 23.6 Å². The van der Waals surface area contributed by atoms with Gasteiger partial charge in [0.15, 0.2) is 0 Å².